The molecule has 19 heavy (non-hydrogen) atoms. The van der Waals surface area contributed by atoms with Crippen LogP contribution in [0.1, 0.15) is 18.1 Å². The maximum Gasteiger partial charge on any atom is 0.0708 e. The van der Waals surface area contributed by atoms with E-state index in [1.165, 1.54) is 27.5 Å². The molecule has 3 rings (SSSR count). The molecule has 1 nitrogen and oxygen atoms in total. The van der Waals surface area contributed by atoms with Gasteiger partial charge in [0.2, 0.25) is 0 Å². The highest BCUT2D eigenvalue weighted by Crippen LogP contribution is 2.24. The van der Waals surface area contributed by atoms with Crippen LogP contribution in [0, 0.1) is 6.92 Å². The van der Waals surface area contributed by atoms with Gasteiger partial charge in [0.1, 0.15) is 0 Å². The number of pyridine rings is 1. The number of aromatic nitrogens is 1. The van der Waals surface area contributed by atoms with Crippen molar-refractivity contribution in [2.45, 2.75) is 20.3 Å². The second-order valence-corrected chi connectivity index (χ2v) is 4.98. The molecule has 0 aliphatic heterocycles. The fourth-order valence-electron chi connectivity index (χ4n) is 2.46. The second kappa shape index (κ2) is 4.85. The Hall–Kier alpha value is -2.15. The minimum atomic E-state index is 1.05. The molecule has 94 valence electrons. The van der Waals surface area contributed by atoms with Crippen LogP contribution >= 0.6 is 0 Å². The molecule has 1 heterocycles. The van der Waals surface area contributed by atoms with Gasteiger partial charge >= 0.3 is 0 Å². The van der Waals surface area contributed by atoms with Crippen LogP contribution in [-0.4, -0.2) is 4.98 Å². The summed E-state index contributed by atoms with van der Waals surface area (Å²) in [6, 6.07) is 17.2. The van der Waals surface area contributed by atoms with Crippen molar-refractivity contribution in [2.24, 2.45) is 0 Å². The third-order valence-corrected chi connectivity index (χ3v) is 3.47. The first-order valence-corrected chi connectivity index (χ1v) is 6.72. The summed E-state index contributed by atoms with van der Waals surface area (Å²) in [7, 11) is 0. The average molecular weight is 247 g/mol. The van der Waals surface area contributed by atoms with Crippen molar-refractivity contribution in [1.82, 2.24) is 4.98 Å². The highest BCUT2D eigenvalue weighted by Gasteiger charge is 2.03. The van der Waals surface area contributed by atoms with Crippen molar-refractivity contribution in [3.05, 3.63) is 65.9 Å². The summed E-state index contributed by atoms with van der Waals surface area (Å²) in [5.41, 5.74) is 4.92. The molecule has 0 aliphatic carbocycles. The summed E-state index contributed by atoms with van der Waals surface area (Å²) >= 11 is 0. The third kappa shape index (κ3) is 2.37. The van der Waals surface area contributed by atoms with Crippen molar-refractivity contribution in [3.8, 4) is 11.3 Å². The first kappa shape index (κ1) is 11.9. The molecule has 0 N–H and O–H groups in total. The van der Waals surface area contributed by atoms with E-state index in [0.717, 1.165) is 12.1 Å². The predicted octanol–water partition coefficient (Wildman–Crippen LogP) is 4.77. The van der Waals surface area contributed by atoms with Gasteiger partial charge < -0.3 is 0 Å². The zero-order valence-corrected chi connectivity index (χ0v) is 11.4. The number of fused-ring (bicyclic) bond motifs is 1. The molecule has 2 aromatic carbocycles. The number of aryl methyl sites for hydroxylation is 2. The molecule has 0 amide bonds. The van der Waals surface area contributed by atoms with Gasteiger partial charge in [0, 0.05) is 17.1 Å². The summed E-state index contributed by atoms with van der Waals surface area (Å²) in [5, 5.41) is 2.43. The van der Waals surface area contributed by atoms with Crippen LogP contribution in [0.25, 0.3) is 22.0 Å². The van der Waals surface area contributed by atoms with E-state index < -0.39 is 0 Å². The molecule has 3 aromatic rings. The van der Waals surface area contributed by atoms with Crippen molar-refractivity contribution < 1.29 is 0 Å². The lowest BCUT2D eigenvalue weighted by atomic mass is 10.0. The van der Waals surface area contributed by atoms with Gasteiger partial charge in [0.15, 0.2) is 0 Å². The maximum atomic E-state index is 4.59. The van der Waals surface area contributed by atoms with Crippen LogP contribution in [0.3, 0.4) is 0 Å². The molecular weight excluding hydrogens is 230 g/mol. The van der Waals surface area contributed by atoms with E-state index in [2.05, 4.69) is 61.3 Å². The van der Waals surface area contributed by atoms with E-state index in [1.54, 1.807) is 0 Å². The SMILES string of the molecule is CCc1cc(C)cc(-c2cc3ccccc3cn2)c1. The third-order valence-electron chi connectivity index (χ3n) is 3.47. The van der Waals surface area contributed by atoms with Gasteiger partial charge in [-0.1, -0.05) is 42.8 Å². The molecule has 0 bridgehead atoms. The summed E-state index contributed by atoms with van der Waals surface area (Å²) in [6.45, 7) is 4.33. The van der Waals surface area contributed by atoms with Crippen LogP contribution in [0.4, 0.5) is 0 Å². The van der Waals surface area contributed by atoms with E-state index >= 15 is 0 Å². The Labute approximate surface area is 113 Å². The Morgan fingerprint density at radius 1 is 0.947 bits per heavy atom. The van der Waals surface area contributed by atoms with Gasteiger partial charge in [-0.3, -0.25) is 4.98 Å². The molecule has 1 aromatic heterocycles. The predicted molar refractivity (Wildman–Crippen MR) is 81.3 cm³/mol. The lowest BCUT2D eigenvalue weighted by Gasteiger charge is -2.07. The van der Waals surface area contributed by atoms with E-state index in [0.29, 0.717) is 0 Å². The maximum absolute atomic E-state index is 4.59. The Kier molecular flexibility index (Phi) is 3.04. The number of rotatable bonds is 2. The largest absolute Gasteiger partial charge is 0.256 e. The molecule has 1 heteroatoms. The average Bonchev–Trinajstić information content (AvgIpc) is 2.46. The Balaban J connectivity index is 2.15. The van der Waals surface area contributed by atoms with E-state index in [9.17, 15) is 0 Å². The first-order chi connectivity index (χ1) is 9.26. The monoisotopic (exact) mass is 247 g/mol. The zero-order valence-electron chi connectivity index (χ0n) is 11.4. The minimum absolute atomic E-state index is 1.05. The minimum Gasteiger partial charge on any atom is -0.256 e. The molecule has 0 aliphatic rings. The van der Waals surface area contributed by atoms with Crippen LogP contribution in [0.15, 0.2) is 54.7 Å². The van der Waals surface area contributed by atoms with Gasteiger partial charge in [-0.05, 0) is 42.5 Å². The van der Waals surface area contributed by atoms with Crippen molar-refractivity contribution in [1.29, 1.82) is 0 Å². The summed E-state index contributed by atoms with van der Waals surface area (Å²) < 4.78 is 0. The van der Waals surface area contributed by atoms with Gasteiger partial charge in [0.05, 0.1) is 5.69 Å². The van der Waals surface area contributed by atoms with Gasteiger partial charge in [-0.2, -0.15) is 0 Å². The zero-order chi connectivity index (χ0) is 13.2. The van der Waals surface area contributed by atoms with Gasteiger partial charge in [-0.15, -0.1) is 0 Å². The number of hydrogen-bond acceptors (Lipinski definition) is 1. The standard InChI is InChI=1S/C18H17N/c1-3-14-8-13(2)9-17(10-14)18-11-15-6-4-5-7-16(15)12-19-18/h4-12H,3H2,1-2H3. The lowest BCUT2D eigenvalue weighted by molar-refractivity contribution is 1.13. The molecule has 0 saturated carbocycles. The molecule has 0 saturated heterocycles. The quantitative estimate of drug-likeness (QED) is 0.635. The van der Waals surface area contributed by atoms with Crippen molar-refractivity contribution in [3.63, 3.8) is 0 Å². The van der Waals surface area contributed by atoms with E-state index in [-0.39, 0.29) is 0 Å². The fraction of sp³-hybridized carbons (Fsp3) is 0.167. The smallest absolute Gasteiger partial charge is 0.0708 e. The van der Waals surface area contributed by atoms with Crippen LogP contribution in [0.2, 0.25) is 0 Å². The van der Waals surface area contributed by atoms with E-state index in [4.69, 9.17) is 0 Å². The van der Waals surface area contributed by atoms with Crippen LogP contribution in [0.5, 0.6) is 0 Å². The number of hydrogen-bond donors (Lipinski definition) is 0. The molecular formula is C18H17N. The topological polar surface area (TPSA) is 12.9 Å². The molecule has 0 spiro atoms. The number of benzene rings is 2. The fourth-order valence-corrected chi connectivity index (χ4v) is 2.46. The Morgan fingerprint density at radius 2 is 1.74 bits per heavy atom. The normalized spacial score (nSPS) is 10.8. The van der Waals surface area contributed by atoms with Gasteiger partial charge in [-0.25, -0.2) is 0 Å². The lowest BCUT2D eigenvalue weighted by Crippen LogP contribution is -1.88. The summed E-state index contributed by atoms with van der Waals surface area (Å²) in [5.74, 6) is 0. The second-order valence-electron chi connectivity index (χ2n) is 4.98. The Bertz CT molecular complexity index is 729. The number of nitrogens with zero attached hydrogens (tertiary/aromatic N) is 1. The summed E-state index contributed by atoms with van der Waals surface area (Å²) in [4.78, 5) is 4.59. The van der Waals surface area contributed by atoms with Crippen LogP contribution < -0.4 is 0 Å². The molecule has 0 unspecified atom stereocenters. The first-order valence-electron chi connectivity index (χ1n) is 6.72. The summed E-state index contributed by atoms with van der Waals surface area (Å²) in [6.07, 6.45) is 3.01. The van der Waals surface area contributed by atoms with Crippen molar-refractivity contribution in [2.75, 3.05) is 0 Å². The highest BCUT2D eigenvalue weighted by atomic mass is 14.7. The van der Waals surface area contributed by atoms with Gasteiger partial charge in [0.25, 0.3) is 0 Å². The van der Waals surface area contributed by atoms with Crippen LogP contribution in [-0.2, 0) is 6.42 Å². The highest BCUT2D eigenvalue weighted by molar-refractivity contribution is 5.85. The molecule has 0 atom stereocenters. The Morgan fingerprint density at radius 3 is 2.53 bits per heavy atom. The van der Waals surface area contributed by atoms with E-state index in [1.807, 2.05) is 12.3 Å². The van der Waals surface area contributed by atoms with Crippen molar-refractivity contribution >= 4 is 10.8 Å². The molecule has 0 fully saturated rings. The molecule has 0 radical (unpaired) electrons.